The lowest BCUT2D eigenvalue weighted by molar-refractivity contribution is 0.134. The van der Waals surface area contributed by atoms with Crippen LogP contribution in [0.15, 0.2) is 42.5 Å². The van der Waals surface area contributed by atoms with E-state index in [4.69, 9.17) is 14.2 Å². The Kier molecular flexibility index (Phi) is 5.67. The summed E-state index contributed by atoms with van der Waals surface area (Å²) < 4.78 is 16.8. The number of hydrogen-bond donors (Lipinski definition) is 1. The first-order valence-electron chi connectivity index (χ1n) is 9.89. The van der Waals surface area contributed by atoms with Crippen molar-refractivity contribution >= 4 is 11.7 Å². The van der Waals surface area contributed by atoms with E-state index in [1.165, 1.54) is 0 Å². The van der Waals surface area contributed by atoms with Crippen molar-refractivity contribution in [2.75, 3.05) is 31.7 Å². The Hall–Kier alpha value is -2.73. The monoisotopic (exact) mass is 382 g/mol. The van der Waals surface area contributed by atoms with Crippen LogP contribution >= 0.6 is 0 Å². The number of likely N-dealkylation sites (tertiary alicyclic amines) is 1. The second-order valence-electron chi connectivity index (χ2n) is 6.98. The van der Waals surface area contributed by atoms with E-state index >= 15 is 0 Å². The van der Waals surface area contributed by atoms with E-state index in [1.54, 1.807) is 0 Å². The molecule has 4 rings (SSSR count). The highest BCUT2D eigenvalue weighted by Gasteiger charge is 2.31. The minimum absolute atomic E-state index is 0.0369. The Labute approximate surface area is 165 Å². The van der Waals surface area contributed by atoms with E-state index in [2.05, 4.69) is 5.32 Å². The fourth-order valence-corrected chi connectivity index (χ4v) is 3.79. The predicted molar refractivity (Wildman–Crippen MR) is 107 cm³/mol. The zero-order valence-electron chi connectivity index (χ0n) is 16.1. The van der Waals surface area contributed by atoms with Crippen LogP contribution in [0.2, 0.25) is 0 Å². The number of rotatable bonds is 5. The van der Waals surface area contributed by atoms with Gasteiger partial charge in [0.15, 0.2) is 11.5 Å². The maximum absolute atomic E-state index is 13.0. The van der Waals surface area contributed by atoms with Crippen LogP contribution in [0.25, 0.3) is 0 Å². The van der Waals surface area contributed by atoms with Crippen LogP contribution < -0.4 is 14.8 Å². The first-order valence-corrected chi connectivity index (χ1v) is 9.89. The van der Waals surface area contributed by atoms with Crippen molar-refractivity contribution in [3.05, 3.63) is 53.6 Å². The fourth-order valence-electron chi connectivity index (χ4n) is 3.79. The smallest absolute Gasteiger partial charge is 0.322 e. The molecular formula is C22H26N2O4. The number of para-hydroxylation sites is 1. The summed E-state index contributed by atoms with van der Waals surface area (Å²) in [5, 5.41) is 3.07. The van der Waals surface area contributed by atoms with E-state index in [1.807, 2.05) is 54.3 Å². The van der Waals surface area contributed by atoms with E-state index in [0.29, 0.717) is 26.4 Å². The molecule has 1 N–H and O–H groups in total. The number of hydrogen-bond acceptors (Lipinski definition) is 4. The van der Waals surface area contributed by atoms with Gasteiger partial charge in [-0.25, -0.2) is 4.79 Å². The Balaban J connectivity index is 1.50. The zero-order chi connectivity index (χ0) is 19.3. The molecule has 1 fully saturated rings. The topological polar surface area (TPSA) is 60.0 Å². The number of urea groups is 1. The molecule has 0 radical (unpaired) electrons. The molecule has 148 valence electrons. The number of carbonyl (C=O) groups excluding carboxylic acids is 1. The average molecular weight is 382 g/mol. The number of fused-ring (bicyclic) bond motifs is 1. The Morgan fingerprint density at radius 2 is 2.00 bits per heavy atom. The van der Waals surface area contributed by atoms with Gasteiger partial charge in [0.1, 0.15) is 13.2 Å². The van der Waals surface area contributed by atoms with Gasteiger partial charge in [0.25, 0.3) is 0 Å². The minimum atomic E-state index is -0.0821. The van der Waals surface area contributed by atoms with Crippen LogP contribution in [0.4, 0.5) is 10.5 Å². The number of nitrogens with zero attached hydrogens (tertiary/aromatic N) is 1. The molecule has 2 amide bonds. The summed E-state index contributed by atoms with van der Waals surface area (Å²) in [7, 11) is 0. The Morgan fingerprint density at radius 3 is 2.86 bits per heavy atom. The summed E-state index contributed by atoms with van der Waals surface area (Å²) in [6.45, 7) is 4.95. The van der Waals surface area contributed by atoms with Crippen molar-refractivity contribution in [1.29, 1.82) is 0 Å². The number of carbonyl (C=O) groups is 1. The van der Waals surface area contributed by atoms with E-state index in [0.717, 1.165) is 47.7 Å². The highest BCUT2D eigenvalue weighted by Crippen LogP contribution is 2.38. The molecule has 2 aliphatic heterocycles. The highest BCUT2D eigenvalue weighted by molar-refractivity contribution is 5.90. The first kappa shape index (κ1) is 18.6. The standard InChI is InChI=1S/C22H26N2O4/c1-2-26-15-17-6-3-4-7-18(17)23-22(25)24-11-5-8-19(24)16-9-10-20-21(14-16)28-13-12-27-20/h3-4,6-7,9-10,14,19H,2,5,8,11-13,15H2,1H3,(H,23,25). The first-order chi connectivity index (χ1) is 13.8. The number of anilines is 1. The molecule has 1 saturated heterocycles. The van der Waals surface area contributed by atoms with Gasteiger partial charge in [-0.3, -0.25) is 0 Å². The molecule has 2 aliphatic rings. The van der Waals surface area contributed by atoms with E-state index in [-0.39, 0.29) is 12.1 Å². The molecule has 0 aromatic heterocycles. The maximum atomic E-state index is 13.0. The second kappa shape index (κ2) is 8.52. The average Bonchev–Trinajstić information content (AvgIpc) is 3.23. The van der Waals surface area contributed by atoms with Crippen molar-refractivity contribution in [3.8, 4) is 11.5 Å². The molecule has 28 heavy (non-hydrogen) atoms. The van der Waals surface area contributed by atoms with Gasteiger partial charge < -0.3 is 24.4 Å². The fraction of sp³-hybridized carbons (Fsp3) is 0.409. The van der Waals surface area contributed by atoms with Gasteiger partial charge >= 0.3 is 6.03 Å². The number of benzene rings is 2. The molecular weight excluding hydrogens is 356 g/mol. The van der Waals surface area contributed by atoms with Crippen LogP contribution in [-0.4, -0.2) is 37.3 Å². The van der Waals surface area contributed by atoms with Crippen LogP contribution in [0.1, 0.15) is 36.9 Å². The van der Waals surface area contributed by atoms with Crippen LogP contribution in [-0.2, 0) is 11.3 Å². The molecule has 1 unspecified atom stereocenters. The third-order valence-electron chi connectivity index (χ3n) is 5.19. The molecule has 0 bridgehead atoms. The summed E-state index contributed by atoms with van der Waals surface area (Å²) in [5.41, 5.74) is 2.86. The Bertz CT molecular complexity index is 839. The van der Waals surface area contributed by atoms with Gasteiger partial charge in [0.05, 0.1) is 12.6 Å². The molecule has 6 heteroatoms. The largest absolute Gasteiger partial charge is 0.486 e. The van der Waals surface area contributed by atoms with Gasteiger partial charge in [-0.1, -0.05) is 24.3 Å². The number of amides is 2. The summed E-state index contributed by atoms with van der Waals surface area (Å²) >= 11 is 0. The molecule has 2 heterocycles. The second-order valence-corrected chi connectivity index (χ2v) is 6.98. The lowest BCUT2D eigenvalue weighted by Crippen LogP contribution is -2.34. The Morgan fingerprint density at radius 1 is 1.18 bits per heavy atom. The third kappa shape index (κ3) is 3.92. The van der Waals surface area contributed by atoms with Crippen molar-refractivity contribution in [3.63, 3.8) is 0 Å². The van der Waals surface area contributed by atoms with E-state index in [9.17, 15) is 4.79 Å². The number of ether oxygens (including phenoxy) is 3. The van der Waals surface area contributed by atoms with E-state index < -0.39 is 0 Å². The molecule has 2 aromatic carbocycles. The SMILES string of the molecule is CCOCc1ccccc1NC(=O)N1CCCC1c1ccc2c(c1)OCCO2. The van der Waals surface area contributed by atoms with Crippen LogP contribution in [0, 0.1) is 0 Å². The lowest BCUT2D eigenvalue weighted by atomic mass is 10.0. The molecule has 2 aromatic rings. The van der Waals surface area contributed by atoms with Gasteiger partial charge in [0, 0.05) is 24.4 Å². The van der Waals surface area contributed by atoms with Crippen molar-refractivity contribution in [1.82, 2.24) is 4.90 Å². The quantitative estimate of drug-likeness (QED) is 0.835. The molecule has 0 spiro atoms. The zero-order valence-corrected chi connectivity index (χ0v) is 16.1. The van der Waals surface area contributed by atoms with Gasteiger partial charge in [-0.2, -0.15) is 0 Å². The van der Waals surface area contributed by atoms with Gasteiger partial charge in [-0.15, -0.1) is 0 Å². The molecule has 1 atom stereocenters. The van der Waals surface area contributed by atoms with Crippen molar-refractivity contribution in [2.24, 2.45) is 0 Å². The summed E-state index contributed by atoms with van der Waals surface area (Å²) in [6, 6.07) is 13.7. The minimum Gasteiger partial charge on any atom is -0.486 e. The van der Waals surface area contributed by atoms with Gasteiger partial charge in [0.2, 0.25) is 0 Å². The predicted octanol–water partition coefficient (Wildman–Crippen LogP) is 4.36. The lowest BCUT2D eigenvalue weighted by Gasteiger charge is -2.27. The molecule has 0 saturated carbocycles. The molecule has 0 aliphatic carbocycles. The van der Waals surface area contributed by atoms with Crippen molar-refractivity contribution in [2.45, 2.75) is 32.4 Å². The summed E-state index contributed by atoms with van der Waals surface area (Å²) in [5.74, 6) is 1.53. The molecule has 6 nitrogen and oxygen atoms in total. The van der Waals surface area contributed by atoms with Crippen molar-refractivity contribution < 1.29 is 19.0 Å². The summed E-state index contributed by atoms with van der Waals surface area (Å²) in [6.07, 6.45) is 1.92. The normalized spacial score (nSPS) is 18.2. The number of nitrogens with one attached hydrogen (secondary N) is 1. The third-order valence-corrected chi connectivity index (χ3v) is 5.19. The maximum Gasteiger partial charge on any atom is 0.322 e. The van der Waals surface area contributed by atoms with Crippen LogP contribution in [0.3, 0.4) is 0 Å². The highest BCUT2D eigenvalue weighted by atomic mass is 16.6. The van der Waals surface area contributed by atoms with Crippen LogP contribution in [0.5, 0.6) is 11.5 Å². The summed E-state index contributed by atoms with van der Waals surface area (Å²) in [4.78, 5) is 14.9. The van der Waals surface area contributed by atoms with Gasteiger partial charge in [-0.05, 0) is 43.5 Å².